The highest BCUT2D eigenvalue weighted by atomic mass is 79.9. The average Bonchev–Trinajstić information content (AvgIpc) is 2.60. The predicted octanol–water partition coefficient (Wildman–Crippen LogP) is 2.86. The standard InChI is InChI=1S/C12H13BrO3/c1-12(2,11(14)15)10-6-7-5-8(13)3-4-9(7)16-10/h3-5,10H,6H2,1-2H3,(H,14,15). The van der Waals surface area contributed by atoms with Gasteiger partial charge in [0.25, 0.3) is 0 Å². The maximum atomic E-state index is 11.1. The Morgan fingerprint density at radius 2 is 2.25 bits per heavy atom. The number of rotatable bonds is 2. The van der Waals surface area contributed by atoms with E-state index in [2.05, 4.69) is 15.9 Å². The molecule has 0 spiro atoms. The third-order valence-electron chi connectivity index (χ3n) is 3.05. The number of fused-ring (bicyclic) bond motifs is 1. The van der Waals surface area contributed by atoms with E-state index in [0.29, 0.717) is 6.42 Å². The van der Waals surface area contributed by atoms with Gasteiger partial charge in [0.1, 0.15) is 11.9 Å². The van der Waals surface area contributed by atoms with Gasteiger partial charge in [0.2, 0.25) is 0 Å². The van der Waals surface area contributed by atoms with Crippen molar-refractivity contribution in [1.29, 1.82) is 0 Å². The Kier molecular flexibility index (Phi) is 2.70. The molecule has 16 heavy (non-hydrogen) atoms. The van der Waals surface area contributed by atoms with Crippen molar-refractivity contribution in [3.8, 4) is 5.75 Å². The Labute approximate surface area is 103 Å². The van der Waals surface area contributed by atoms with Crippen molar-refractivity contribution in [1.82, 2.24) is 0 Å². The van der Waals surface area contributed by atoms with Gasteiger partial charge in [-0.15, -0.1) is 0 Å². The van der Waals surface area contributed by atoms with Crippen molar-refractivity contribution >= 4 is 21.9 Å². The summed E-state index contributed by atoms with van der Waals surface area (Å²) < 4.78 is 6.68. The Morgan fingerprint density at radius 1 is 1.56 bits per heavy atom. The van der Waals surface area contributed by atoms with Crippen molar-refractivity contribution in [2.24, 2.45) is 5.41 Å². The molecule has 0 fully saturated rings. The molecule has 86 valence electrons. The van der Waals surface area contributed by atoms with Gasteiger partial charge in [0.15, 0.2) is 0 Å². The summed E-state index contributed by atoms with van der Waals surface area (Å²) in [4.78, 5) is 11.1. The maximum absolute atomic E-state index is 11.1. The van der Waals surface area contributed by atoms with Crippen LogP contribution in [0.1, 0.15) is 19.4 Å². The summed E-state index contributed by atoms with van der Waals surface area (Å²) in [6, 6.07) is 5.75. The molecule has 1 heterocycles. The van der Waals surface area contributed by atoms with E-state index in [4.69, 9.17) is 9.84 Å². The molecule has 0 aromatic heterocycles. The highest BCUT2D eigenvalue weighted by Crippen LogP contribution is 2.38. The first-order valence-electron chi connectivity index (χ1n) is 5.10. The normalized spacial score (nSPS) is 19.1. The number of ether oxygens (including phenoxy) is 1. The number of carboxylic acid groups (broad SMARTS) is 1. The van der Waals surface area contributed by atoms with Crippen LogP contribution in [0.2, 0.25) is 0 Å². The van der Waals surface area contributed by atoms with E-state index < -0.39 is 11.4 Å². The fourth-order valence-electron chi connectivity index (χ4n) is 1.76. The van der Waals surface area contributed by atoms with Crippen LogP contribution in [0, 0.1) is 5.41 Å². The summed E-state index contributed by atoms with van der Waals surface area (Å²) >= 11 is 3.39. The third-order valence-corrected chi connectivity index (χ3v) is 3.55. The van der Waals surface area contributed by atoms with Gasteiger partial charge in [-0.05, 0) is 37.6 Å². The monoisotopic (exact) mass is 284 g/mol. The molecular formula is C12H13BrO3. The molecule has 3 nitrogen and oxygen atoms in total. The number of carboxylic acids is 1. The fourth-order valence-corrected chi connectivity index (χ4v) is 2.17. The second-order valence-corrected chi connectivity index (χ2v) is 5.51. The summed E-state index contributed by atoms with van der Waals surface area (Å²) in [5.41, 5.74) is 0.194. The van der Waals surface area contributed by atoms with Gasteiger partial charge in [-0.1, -0.05) is 15.9 Å². The number of hydrogen-bond donors (Lipinski definition) is 1. The van der Waals surface area contributed by atoms with Crippen LogP contribution >= 0.6 is 15.9 Å². The van der Waals surface area contributed by atoms with Crippen LogP contribution in [0.3, 0.4) is 0 Å². The lowest BCUT2D eigenvalue weighted by Gasteiger charge is -2.25. The van der Waals surface area contributed by atoms with Crippen molar-refractivity contribution in [2.45, 2.75) is 26.4 Å². The van der Waals surface area contributed by atoms with Gasteiger partial charge in [0, 0.05) is 10.9 Å². The van der Waals surface area contributed by atoms with Crippen molar-refractivity contribution < 1.29 is 14.6 Å². The Bertz CT molecular complexity index is 440. The SMILES string of the molecule is CC(C)(C(=O)O)C1Cc2cc(Br)ccc2O1. The summed E-state index contributed by atoms with van der Waals surface area (Å²) in [5, 5.41) is 9.15. The summed E-state index contributed by atoms with van der Waals surface area (Å²) in [7, 11) is 0. The van der Waals surface area contributed by atoms with E-state index in [-0.39, 0.29) is 6.10 Å². The van der Waals surface area contributed by atoms with Crippen molar-refractivity contribution in [2.75, 3.05) is 0 Å². The molecule has 0 amide bonds. The van der Waals surface area contributed by atoms with E-state index in [1.165, 1.54) is 0 Å². The van der Waals surface area contributed by atoms with Gasteiger partial charge in [-0.2, -0.15) is 0 Å². The minimum absolute atomic E-state index is 0.297. The van der Waals surface area contributed by atoms with E-state index in [1.807, 2.05) is 18.2 Å². The minimum Gasteiger partial charge on any atom is -0.489 e. The highest BCUT2D eigenvalue weighted by molar-refractivity contribution is 9.10. The zero-order valence-corrected chi connectivity index (χ0v) is 10.7. The van der Waals surface area contributed by atoms with Crippen LogP contribution in [-0.4, -0.2) is 17.2 Å². The molecule has 0 radical (unpaired) electrons. The van der Waals surface area contributed by atoms with E-state index in [9.17, 15) is 4.79 Å². The predicted molar refractivity (Wildman–Crippen MR) is 63.7 cm³/mol. The summed E-state index contributed by atoms with van der Waals surface area (Å²) in [5.74, 6) is -0.0353. The second kappa shape index (κ2) is 3.77. The van der Waals surface area contributed by atoms with Gasteiger partial charge >= 0.3 is 5.97 Å². The molecule has 1 aromatic carbocycles. The van der Waals surface area contributed by atoms with Crippen LogP contribution in [0.25, 0.3) is 0 Å². The number of hydrogen-bond acceptors (Lipinski definition) is 2. The number of halogens is 1. The fraction of sp³-hybridized carbons (Fsp3) is 0.417. The molecule has 1 aliphatic rings. The summed E-state index contributed by atoms with van der Waals surface area (Å²) in [6.45, 7) is 3.39. The van der Waals surface area contributed by atoms with Gasteiger partial charge in [-0.25, -0.2) is 0 Å². The molecule has 0 saturated heterocycles. The first-order valence-corrected chi connectivity index (χ1v) is 5.89. The first kappa shape index (κ1) is 11.5. The van der Waals surface area contributed by atoms with Crippen LogP contribution in [0.15, 0.2) is 22.7 Å². The molecule has 0 saturated carbocycles. The van der Waals surface area contributed by atoms with Gasteiger partial charge in [-0.3, -0.25) is 4.79 Å². The highest BCUT2D eigenvalue weighted by Gasteiger charge is 2.42. The Morgan fingerprint density at radius 3 is 2.88 bits per heavy atom. The Hall–Kier alpha value is -1.03. The number of benzene rings is 1. The first-order chi connectivity index (χ1) is 7.41. The number of aliphatic carboxylic acids is 1. The topological polar surface area (TPSA) is 46.5 Å². The summed E-state index contributed by atoms with van der Waals surface area (Å²) in [6.07, 6.45) is 0.350. The Balaban J connectivity index is 2.26. The zero-order chi connectivity index (χ0) is 11.9. The molecule has 1 atom stereocenters. The number of carbonyl (C=O) groups is 1. The van der Waals surface area contributed by atoms with Crippen LogP contribution in [0.5, 0.6) is 5.75 Å². The second-order valence-electron chi connectivity index (χ2n) is 4.59. The van der Waals surface area contributed by atoms with Crippen molar-refractivity contribution in [3.63, 3.8) is 0 Å². The van der Waals surface area contributed by atoms with Crippen LogP contribution in [-0.2, 0) is 11.2 Å². The quantitative estimate of drug-likeness (QED) is 0.908. The lowest BCUT2D eigenvalue weighted by Crippen LogP contribution is -2.40. The molecule has 2 rings (SSSR count). The lowest BCUT2D eigenvalue weighted by atomic mass is 9.84. The maximum Gasteiger partial charge on any atom is 0.312 e. The molecule has 1 unspecified atom stereocenters. The third kappa shape index (κ3) is 1.82. The van der Waals surface area contributed by atoms with E-state index in [0.717, 1.165) is 15.8 Å². The minimum atomic E-state index is -0.870. The van der Waals surface area contributed by atoms with E-state index >= 15 is 0 Å². The largest absolute Gasteiger partial charge is 0.489 e. The van der Waals surface area contributed by atoms with Gasteiger partial charge < -0.3 is 9.84 Å². The molecule has 1 N–H and O–H groups in total. The van der Waals surface area contributed by atoms with Crippen molar-refractivity contribution in [3.05, 3.63) is 28.2 Å². The smallest absolute Gasteiger partial charge is 0.312 e. The van der Waals surface area contributed by atoms with Crippen LogP contribution < -0.4 is 4.74 Å². The molecule has 1 aromatic rings. The van der Waals surface area contributed by atoms with Gasteiger partial charge in [0.05, 0.1) is 5.41 Å². The van der Waals surface area contributed by atoms with E-state index in [1.54, 1.807) is 13.8 Å². The molecule has 0 aliphatic carbocycles. The molecular weight excluding hydrogens is 272 g/mol. The lowest BCUT2D eigenvalue weighted by molar-refractivity contribution is -0.151. The zero-order valence-electron chi connectivity index (χ0n) is 9.16. The molecule has 0 bridgehead atoms. The molecule has 4 heteroatoms. The average molecular weight is 285 g/mol. The van der Waals surface area contributed by atoms with Crippen LogP contribution in [0.4, 0.5) is 0 Å². The molecule has 1 aliphatic heterocycles.